The Bertz CT molecular complexity index is 1520. The number of methoxy groups -OCH3 is 5. The maximum absolute atomic E-state index is 12.8. The summed E-state index contributed by atoms with van der Waals surface area (Å²) in [4.78, 5) is 35.7. The highest BCUT2D eigenvalue weighted by Crippen LogP contribution is 2.40. The number of nitrogens with one attached hydrogen (secondary N) is 2. The lowest BCUT2D eigenvalue weighted by atomic mass is 10.1. The van der Waals surface area contributed by atoms with Gasteiger partial charge in [0.1, 0.15) is 6.61 Å². The minimum absolute atomic E-state index is 0.0228. The maximum Gasteiger partial charge on any atom is 0.338 e. The Kier molecular flexibility index (Phi) is 16.4. The van der Waals surface area contributed by atoms with E-state index in [4.69, 9.17) is 37.9 Å². The van der Waals surface area contributed by atoms with Crippen LogP contribution in [0.5, 0.6) is 34.5 Å². The number of benzene rings is 3. The largest absolute Gasteiger partial charge is 0.493 e. The quantitative estimate of drug-likeness (QED) is 0.0609. The molecular weight excluding hydrogens is 654 g/mol. The number of rotatable bonds is 23. The Morgan fingerprint density at radius 2 is 1.04 bits per heavy atom. The lowest BCUT2D eigenvalue weighted by Gasteiger charge is -2.16. The first-order valence-electron chi connectivity index (χ1n) is 15.9. The SMILES string of the molecule is COc1cc(C(=O)OCCCNCCCNCCCOC(=O)c2cc(OC)c(OC)c(OCc3ccc([N+](=O)[O-])cc3)c2)cc(OC)c1OC. The molecule has 0 bridgehead atoms. The molecule has 0 aliphatic heterocycles. The molecule has 0 heterocycles. The van der Waals surface area contributed by atoms with E-state index in [0.717, 1.165) is 19.5 Å². The molecule has 0 unspecified atom stereocenters. The number of hydrogen-bond donors (Lipinski definition) is 2. The fourth-order valence-electron chi connectivity index (χ4n) is 4.71. The van der Waals surface area contributed by atoms with Crippen LogP contribution in [0.15, 0.2) is 48.5 Å². The third kappa shape index (κ3) is 11.7. The van der Waals surface area contributed by atoms with Crippen molar-refractivity contribution in [1.82, 2.24) is 10.6 Å². The number of nitrogens with zero attached hydrogens (tertiary/aromatic N) is 1. The first-order valence-corrected chi connectivity index (χ1v) is 15.9. The van der Waals surface area contributed by atoms with E-state index in [1.54, 1.807) is 24.3 Å². The number of ether oxygens (including phenoxy) is 8. The normalized spacial score (nSPS) is 10.6. The van der Waals surface area contributed by atoms with Gasteiger partial charge in [-0.2, -0.15) is 0 Å². The van der Waals surface area contributed by atoms with Gasteiger partial charge in [0, 0.05) is 12.1 Å². The summed E-state index contributed by atoms with van der Waals surface area (Å²) in [7, 11) is 7.37. The van der Waals surface area contributed by atoms with Crippen LogP contribution in [0.3, 0.4) is 0 Å². The summed E-state index contributed by atoms with van der Waals surface area (Å²) in [5.41, 5.74) is 1.22. The molecular formula is C35H45N3O12. The van der Waals surface area contributed by atoms with Crippen LogP contribution < -0.4 is 39.1 Å². The molecule has 15 heteroatoms. The van der Waals surface area contributed by atoms with Crippen LogP contribution in [0.1, 0.15) is 45.5 Å². The summed E-state index contributed by atoms with van der Waals surface area (Å²) >= 11 is 0. The molecule has 15 nitrogen and oxygen atoms in total. The molecule has 50 heavy (non-hydrogen) atoms. The van der Waals surface area contributed by atoms with Crippen LogP contribution in [0.2, 0.25) is 0 Å². The summed E-state index contributed by atoms with van der Waals surface area (Å²) in [5.74, 6) is 1.03. The standard InChI is InChI=1S/C35H45N3O12/c1-43-28-19-25(20-29(44-2)32(28)46-4)34(39)48-17-7-15-36-13-6-14-37-16-8-18-49-35(40)26-21-30(45-3)33(47-5)31(22-26)50-23-24-9-11-27(12-10-24)38(41)42/h9-12,19-22,36-37H,6-8,13-18,23H2,1-5H3. The van der Waals surface area contributed by atoms with E-state index < -0.39 is 16.9 Å². The van der Waals surface area contributed by atoms with E-state index in [0.29, 0.717) is 65.8 Å². The van der Waals surface area contributed by atoms with E-state index in [2.05, 4.69) is 10.6 Å². The molecule has 272 valence electrons. The van der Waals surface area contributed by atoms with Crippen molar-refractivity contribution in [3.63, 3.8) is 0 Å². The predicted molar refractivity (Wildman–Crippen MR) is 183 cm³/mol. The smallest absolute Gasteiger partial charge is 0.338 e. The molecule has 0 saturated heterocycles. The first-order chi connectivity index (χ1) is 24.3. The lowest BCUT2D eigenvalue weighted by Crippen LogP contribution is -2.24. The van der Waals surface area contributed by atoms with Crippen LogP contribution in [-0.4, -0.2) is 91.8 Å². The van der Waals surface area contributed by atoms with Crippen molar-refractivity contribution in [1.29, 1.82) is 0 Å². The predicted octanol–water partition coefficient (Wildman–Crippen LogP) is 4.58. The number of non-ortho nitro benzene ring substituents is 1. The van der Waals surface area contributed by atoms with E-state index >= 15 is 0 Å². The number of carbonyl (C=O) groups is 2. The Labute approximate surface area is 291 Å². The zero-order chi connectivity index (χ0) is 36.3. The second-order valence-electron chi connectivity index (χ2n) is 10.7. The second-order valence-corrected chi connectivity index (χ2v) is 10.7. The van der Waals surface area contributed by atoms with Crippen molar-refractivity contribution in [2.24, 2.45) is 0 Å². The third-order valence-corrected chi connectivity index (χ3v) is 7.29. The Morgan fingerprint density at radius 3 is 1.46 bits per heavy atom. The molecule has 0 saturated carbocycles. The van der Waals surface area contributed by atoms with Crippen LogP contribution in [0, 0.1) is 10.1 Å². The molecule has 0 amide bonds. The van der Waals surface area contributed by atoms with Crippen molar-refractivity contribution in [3.05, 3.63) is 75.3 Å². The second kappa shape index (κ2) is 20.9. The van der Waals surface area contributed by atoms with Gasteiger partial charge in [0.15, 0.2) is 23.0 Å². The Hall–Kier alpha value is -5.28. The fraction of sp³-hybridized carbons (Fsp3) is 0.429. The van der Waals surface area contributed by atoms with Gasteiger partial charge >= 0.3 is 11.9 Å². The molecule has 0 radical (unpaired) electrons. The molecule has 0 atom stereocenters. The third-order valence-electron chi connectivity index (χ3n) is 7.29. The number of esters is 2. The van der Waals surface area contributed by atoms with E-state index in [1.807, 2.05) is 0 Å². The minimum Gasteiger partial charge on any atom is -0.493 e. The van der Waals surface area contributed by atoms with Crippen LogP contribution >= 0.6 is 0 Å². The summed E-state index contributed by atoms with van der Waals surface area (Å²) in [6, 6.07) is 12.1. The highest BCUT2D eigenvalue weighted by molar-refractivity contribution is 5.91. The van der Waals surface area contributed by atoms with Crippen molar-refractivity contribution in [3.8, 4) is 34.5 Å². The summed E-state index contributed by atoms with van der Waals surface area (Å²) in [6.45, 7) is 3.49. The molecule has 0 aliphatic rings. The summed E-state index contributed by atoms with van der Waals surface area (Å²) < 4.78 is 43.4. The van der Waals surface area contributed by atoms with E-state index in [9.17, 15) is 19.7 Å². The van der Waals surface area contributed by atoms with Gasteiger partial charge in [0.25, 0.3) is 5.69 Å². The minimum atomic E-state index is -0.538. The molecule has 3 rings (SSSR count). The van der Waals surface area contributed by atoms with E-state index in [1.165, 1.54) is 59.8 Å². The zero-order valence-corrected chi connectivity index (χ0v) is 29.0. The van der Waals surface area contributed by atoms with Gasteiger partial charge in [0.05, 0.1) is 64.8 Å². The number of nitro benzene ring substituents is 1. The average molecular weight is 700 g/mol. The lowest BCUT2D eigenvalue weighted by molar-refractivity contribution is -0.384. The molecule has 0 aromatic heterocycles. The van der Waals surface area contributed by atoms with Gasteiger partial charge in [0.2, 0.25) is 11.5 Å². The zero-order valence-electron chi connectivity index (χ0n) is 29.0. The molecule has 0 aliphatic carbocycles. The van der Waals surface area contributed by atoms with Crippen LogP contribution in [-0.2, 0) is 16.1 Å². The molecule has 3 aromatic carbocycles. The number of carbonyl (C=O) groups excluding carboxylic acids is 2. The Morgan fingerprint density at radius 1 is 0.620 bits per heavy atom. The number of nitro groups is 1. The van der Waals surface area contributed by atoms with Gasteiger partial charge in [-0.1, -0.05) is 0 Å². The fourth-order valence-corrected chi connectivity index (χ4v) is 4.71. The Balaban J connectivity index is 1.29. The first kappa shape index (κ1) is 39.2. The van der Waals surface area contributed by atoms with Gasteiger partial charge in [-0.15, -0.1) is 0 Å². The number of hydrogen-bond acceptors (Lipinski definition) is 14. The highest BCUT2D eigenvalue weighted by atomic mass is 16.6. The monoisotopic (exact) mass is 699 g/mol. The summed E-state index contributed by atoms with van der Waals surface area (Å²) in [6.07, 6.45) is 2.16. The highest BCUT2D eigenvalue weighted by Gasteiger charge is 2.20. The van der Waals surface area contributed by atoms with Crippen LogP contribution in [0.4, 0.5) is 5.69 Å². The van der Waals surface area contributed by atoms with Crippen molar-refractivity contribution >= 4 is 17.6 Å². The van der Waals surface area contributed by atoms with Gasteiger partial charge in [-0.05, 0) is 87.4 Å². The average Bonchev–Trinajstić information content (AvgIpc) is 3.14. The maximum atomic E-state index is 12.8. The molecule has 0 fully saturated rings. The van der Waals surface area contributed by atoms with Gasteiger partial charge < -0.3 is 48.5 Å². The topological polar surface area (TPSA) is 175 Å². The van der Waals surface area contributed by atoms with Crippen LogP contribution in [0.25, 0.3) is 0 Å². The molecule has 2 N–H and O–H groups in total. The van der Waals surface area contributed by atoms with E-state index in [-0.39, 0.29) is 36.8 Å². The van der Waals surface area contributed by atoms with Gasteiger partial charge in [-0.3, -0.25) is 10.1 Å². The van der Waals surface area contributed by atoms with Gasteiger partial charge in [-0.25, -0.2) is 9.59 Å². The van der Waals surface area contributed by atoms with Crippen molar-refractivity contribution in [2.45, 2.75) is 25.9 Å². The summed E-state index contributed by atoms with van der Waals surface area (Å²) in [5, 5.41) is 17.5. The van der Waals surface area contributed by atoms with Crippen molar-refractivity contribution < 1.29 is 52.4 Å². The van der Waals surface area contributed by atoms with Crippen molar-refractivity contribution in [2.75, 3.05) is 74.9 Å². The molecule has 0 spiro atoms. The molecule has 3 aromatic rings.